The number of nitrogens with one attached hydrogen (secondary N) is 2. The zero-order valence-electron chi connectivity index (χ0n) is 12.5. The van der Waals surface area contributed by atoms with Crippen LogP contribution in [0.2, 0.25) is 0 Å². The standard InChI is InChI=1S/C14H17N5O3/c1-14(2,3)17-16-12-11(19(21)22)9-15-18(13(12)20)10-7-5-4-6-8-10/h4-9,16-17H,1-3H3. The second-order valence-electron chi connectivity index (χ2n) is 5.71. The fourth-order valence-corrected chi connectivity index (χ4v) is 1.70. The molecule has 116 valence electrons. The third-order valence-corrected chi connectivity index (χ3v) is 2.72. The topological polar surface area (TPSA) is 102 Å². The average Bonchev–Trinajstić information content (AvgIpc) is 2.45. The van der Waals surface area contributed by atoms with Crippen LogP contribution in [0.25, 0.3) is 5.69 Å². The molecule has 2 rings (SSSR count). The van der Waals surface area contributed by atoms with E-state index in [0.717, 1.165) is 10.9 Å². The van der Waals surface area contributed by atoms with Crippen molar-refractivity contribution in [1.29, 1.82) is 0 Å². The van der Waals surface area contributed by atoms with Crippen LogP contribution < -0.4 is 16.4 Å². The molecule has 22 heavy (non-hydrogen) atoms. The molecule has 0 fully saturated rings. The van der Waals surface area contributed by atoms with Gasteiger partial charge in [0.15, 0.2) is 5.69 Å². The van der Waals surface area contributed by atoms with Crippen molar-refractivity contribution in [2.75, 3.05) is 5.43 Å². The van der Waals surface area contributed by atoms with Gasteiger partial charge >= 0.3 is 11.2 Å². The Kier molecular flexibility index (Phi) is 4.22. The first kappa shape index (κ1) is 15.6. The zero-order chi connectivity index (χ0) is 16.3. The number of nitro groups is 1. The number of para-hydroxylation sites is 1. The normalized spacial score (nSPS) is 11.2. The van der Waals surface area contributed by atoms with E-state index in [1.165, 1.54) is 0 Å². The summed E-state index contributed by atoms with van der Waals surface area (Å²) in [4.78, 5) is 23.0. The maximum Gasteiger partial charge on any atom is 0.319 e. The third-order valence-electron chi connectivity index (χ3n) is 2.72. The van der Waals surface area contributed by atoms with Gasteiger partial charge in [-0.1, -0.05) is 18.2 Å². The molecule has 0 atom stereocenters. The monoisotopic (exact) mass is 303 g/mol. The first-order chi connectivity index (χ1) is 10.3. The van der Waals surface area contributed by atoms with E-state index in [1.54, 1.807) is 30.3 Å². The predicted octanol–water partition coefficient (Wildman–Crippen LogP) is 1.86. The predicted molar refractivity (Wildman–Crippen MR) is 83.0 cm³/mol. The van der Waals surface area contributed by atoms with E-state index < -0.39 is 10.5 Å². The first-order valence-electron chi connectivity index (χ1n) is 6.65. The molecule has 1 heterocycles. The molecule has 2 aromatic rings. The van der Waals surface area contributed by atoms with Crippen LogP contribution in [0, 0.1) is 10.1 Å². The van der Waals surface area contributed by atoms with Crippen LogP contribution in [0.1, 0.15) is 20.8 Å². The maximum absolute atomic E-state index is 12.5. The van der Waals surface area contributed by atoms with Gasteiger partial charge in [-0.15, -0.1) is 0 Å². The van der Waals surface area contributed by atoms with Crippen molar-refractivity contribution in [3.05, 3.63) is 57.0 Å². The van der Waals surface area contributed by atoms with Crippen molar-refractivity contribution in [2.45, 2.75) is 26.3 Å². The summed E-state index contributed by atoms with van der Waals surface area (Å²) in [5.41, 5.74) is 4.53. The summed E-state index contributed by atoms with van der Waals surface area (Å²) < 4.78 is 1.11. The minimum atomic E-state index is -0.642. The van der Waals surface area contributed by atoms with Gasteiger partial charge in [0.1, 0.15) is 6.20 Å². The number of aromatic nitrogens is 2. The highest BCUT2D eigenvalue weighted by Crippen LogP contribution is 2.19. The summed E-state index contributed by atoms with van der Waals surface area (Å²) >= 11 is 0. The molecule has 0 saturated carbocycles. The molecule has 8 heteroatoms. The van der Waals surface area contributed by atoms with E-state index in [-0.39, 0.29) is 16.9 Å². The Bertz CT molecular complexity index is 734. The van der Waals surface area contributed by atoms with Crippen molar-refractivity contribution >= 4 is 11.4 Å². The summed E-state index contributed by atoms with van der Waals surface area (Å²) in [6, 6.07) is 8.71. The van der Waals surface area contributed by atoms with Crippen LogP contribution >= 0.6 is 0 Å². The number of hydrogen-bond donors (Lipinski definition) is 2. The van der Waals surface area contributed by atoms with Gasteiger partial charge < -0.3 is 5.43 Å². The summed E-state index contributed by atoms with van der Waals surface area (Å²) in [5, 5.41) is 15.0. The van der Waals surface area contributed by atoms with Gasteiger partial charge in [0, 0.05) is 5.54 Å². The number of benzene rings is 1. The molecule has 0 aliphatic carbocycles. The molecular weight excluding hydrogens is 286 g/mol. The SMILES string of the molecule is CC(C)(C)NNc1c([N+](=O)[O-])cnn(-c2ccccc2)c1=O. The molecule has 2 N–H and O–H groups in total. The highest BCUT2D eigenvalue weighted by Gasteiger charge is 2.22. The molecule has 0 bridgehead atoms. The highest BCUT2D eigenvalue weighted by molar-refractivity contribution is 5.58. The van der Waals surface area contributed by atoms with E-state index in [2.05, 4.69) is 16.0 Å². The molecule has 8 nitrogen and oxygen atoms in total. The van der Waals surface area contributed by atoms with Gasteiger partial charge in [-0.2, -0.15) is 9.78 Å². The number of hydrazine groups is 1. The van der Waals surface area contributed by atoms with E-state index in [0.29, 0.717) is 5.69 Å². The maximum atomic E-state index is 12.5. The Morgan fingerprint density at radius 1 is 1.23 bits per heavy atom. The van der Waals surface area contributed by atoms with E-state index in [1.807, 2.05) is 20.8 Å². The lowest BCUT2D eigenvalue weighted by atomic mass is 10.1. The number of hydrogen-bond acceptors (Lipinski definition) is 6. The number of nitrogens with zero attached hydrogens (tertiary/aromatic N) is 3. The molecule has 0 aliphatic heterocycles. The van der Waals surface area contributed by atoms with Crippen molar-refractivity contribution in [3.8, 4) is 5.69 Å². The van der Waals surface area contributed by atoms with Gasteiger partial charge in [-0.25, -0.2) is 5.43 Å². The summed E-state index contributed by atoms with van der Waals surface area (Å²) in [5.74, 6) is 0. The molecule has 1 aromatic heterocycles. The Morgan fingerprint density at radius 3 is 2.41 bits per heavy atom. The fourth-order valence-electron chi connectivity index (χ4n) is 1.70. The van der Waals surface area contributed by atoms with Crippen molar-refractivity contribution < 1.29 is 4.92 Å². The Hall–Kier alpha value is -2.74. The molecule has 0 amide bonds. The van der Waals surface area contributed by atoms with Gasteiger partial charge in [-0.05, 0) is 32.9 Å². The second kappa shape index (κ2) is 5.94. The van der Waals surface area contributed by atoms with Gasteiger partial charge in [-0.3, -0.25) is 14.9 Å². The first-order valence-corrected chi connectivity index (χ1v) is 6.65. The van der Waals surface area contributed by atoms with Crippen molar-refractivity contribution in [1.82, 2.24) is 15.2 Å². The zero-order valence-corrected chi connectivity index (χ0v) is 12.5. The molecule has 0 unspecified atom stereocenters. The molecule has 0 spiro atoms. The van der Waals surface area contributed by atoms with Crippen LogP contribution in [-0.4, -0.2) is 20.2 Å². The lowest BCUT2D eigenvalue weighted by molar-refractivity contribution is -0.384. The summed E-state index contributed by atoms with van der Waals surface area (Å²) in [7, 11) is 0. The van der Waals surface area contributed by atoms with E-state index in [9.17, 15) is 14.9 Å². The van der Waals surface area contributed by atoms with E-state index >= 15 is 0 Å². The molecule has 0 saturated heterocycles. The minimum absolute atomic E-state index is 0.154. The van der Waals surface area contributed by atoms with E-state index in [4.69, 9.17) is 0 Å². The van der Waals surface area contributed by atoms with Crippen LogP contribution in [0.5, 0.6) is 0 Å². The van der Waals surface area contributed by atoms with Gasteiger partial charge in [0.05, 0.1) is 10.6 Å². The summed E-state index contributed by atoms with van der Waals surface area (Å²) in [6.45, 7) is 5.59. The number of rotatable bonds is 4. The lowest BCUT2D eigenvalue weighted by Crippen LogP contribution is -2.42. The third kappa shape index (κ3) is 3.47. The van der Waals surface area contributed by atoms with Crippen LogP contribution in [0.15, 0.2) is 41.3 Å². The molecular formula is C14H17N5O3. The van der Waals surface area contributed by atoms with Crippen LogP contribution in [0.3, 0.4) is 0 Å². The summed E-state index contributed by atoms with van der Waals surface area (Å²) in [6.07, 6.45) is 1.06. The Morgan fingerprint density at radius 2 is 1.86 bits per heavy atom. The smallest absolute Gasteiger partial charge is 0.310 e. The minimum Gasteiger partial charge on any atom is -0.310 e. The second-order valence-corrected chi connectivity index (χ2v) is 5.71. The quantitative estimate of drug-likeness (QED) is 0.660. The molecule has 0 aliphatic rings. The average molecular weight is 303 g/mol. The lowest BCUT2D eigenvalue weighted by Gasteiger charge is -2.21. The Labute approximate surface area is 126 Å². The van der Waals surface area contributed by atoms with Gasteiger partial charge in [0.2, 0.25) is 0 Å². The van der Waals surface area contributed by atoms with Crippen LogP contribution in [-0.2, 0) is 0 Å². The Balaban J connectivity index is 2.53. The molecule has 0 radical (unpaired) electrons. The van der Waals surface area contributed by atoms with Gasteiger partial charge in [0.25, 0.3) is 0 Å². The number of anilines is 1. The molecule has 1 aromatic carbocycles. The highest BCUT2D eigenvalue weighted by atomic mass is 16.6. The van der Waals surface area contributed by atoms with Crippen molar-refractivity contribution in [3.63, 3.8) is 0 Å². The van der Waals surface area contributed by atoms with Crippen molar-refractivity contribution in [2.24, 2.45) is 0 Å². The van der Waals surface area contributed by atoms with Crippen LogP contribution in [0.4, 0.5) is 11.4 Å². The largest absolute Gasteiger partial charge is 0.319 e. The fraction of sp³-hybridized carbons (Fsp3) is 0.286.